The van der Waals surface area contributed by atoms with Crippen LogP contribution in [0.15, 0.2) is 0 Å². The first-order chi connectivity index (χ1) is 8.05. The maximum Gasteiger partial charge on any atom is 0.410 e. The molecular formula is C14H27NO3. The zero-order chi connectivity index (χ0) is 14.1. The van der Waals surface area contributed by atoms with Crippen molar-refractivity contribution in [2.75, 3.05) is 6.54 Å². The van der Waals surface area contributed by atoms with Crippen LogP contribution in [0.5, 0.6) is 0 Å². The first-order valence-electron chi connectivity index (χ1n) is 6.77. The maximum atomic E-state index is 12.1. The molecule has 0 aromatic heterocycles. The van der Waals surface area contributed by atoms with Crippen LogP contribution in [0.25, 0.3) is 0 Å². The van der Waals surface area contributed by atoms with Crippen molar-refractivity contribution in [3.05, 3.63) is 0 Å². The summed E-state index contributed by atoms with van der Waals surface area (Å²) in [4.78, 5) is 13.8. The fourth-order valence-corrected chi connectivity index (χ4v) is 2.30. The molecule has 1 N–H and O–H groups in total. The molecule has 106 valence electrons. The summed E-state index contributed by atoms with van der Waals surface area (Å²) in [6.07, 6.45) is 1.45. The predicted octanol–water partition coefficient (Wildman–Crippen LogP) is 2.79. The van der Waals surface area contributed by atoms with Crippen LogP contribution < -0.4 is 0 Å². The molecule has 1 rings (SSSR count). The van der Waals surface area contributed by atoms with Gasteiger partial charge in [-0.2, -0.15) is 0 Å². The smallest absolute Gasteiger partial charge is 0.410 e. The van der Waals surface area contributed by atoms with E-state index in [1.54, 1.807) is 4.90 Å². The van der Waals surface area contributed by atoms with Gasteiger partial charge in [-0.25, -0.2) is 4.79 Å². The highest BCUT2D eigenvalue weighted by Crippen LogP contribution is 2.33. The SMILES string of the molecule is CC(C)[C@@](C)(O)[C@@H]1CCCN1C(=O)OC(C)(C)C. The first kappa shape index (κ1) is 15.3. The molecule has 0 unspecified atom stereocenters. The van der Waals surface area contributed by atoms with Crippen LogP contribution in [0.2, 0.25) is 0 Å². The summed E-state index contributed by atoms with van der Waals surface area (Å²) < 4.78 is 5.40. The van der Waals surface area contributed by atoms with Gasteiger partial charge in [0.1, 0.15) is 5.60 Å². The second-order valence-electron chi connectivity index (χ2n) is 6.71. The summed E-state index contributed by atoms with van der Waals surface area (Å²) in [5.74, 6) is 0.102. The van der Waals surface area contributed by atoms with Crippen molar-refractivity contribution >= 4 is 6.09 Å². The Morgan fingerprint density at radius 3 is 2.33 bits per heavy atom. The van der Waals surface area contributed by atoms with Gasteiger partial charge in [-0.05, 0) is 46.5 Å². The Morgan fingerprint density at radius 1 is 1.33 bits per heavy atom. The number of likely N-dealkylation sites (tertiary alicyclic amines) is 1. The standard InChI is InChI=1S/C14H27NO3/c1-10(2)14(6,17)11-8-7-9-15(11)12(16)18-13(3,4)5/h10-11,17H,7-9H2,1-6H3/t11-,14+/m0/s1. The monoisotopic (exact) mass is 257 g/mol. The Bertz CT molecular complexity index is 305. The number of carbonyl (C=O) groups is 1. The molecule has 18 heavy (non-hydrogen) atoms. The highest BCUT2D eigenvalue weighted by atomic mass is 16.6. The highest BCUT2D eigenvalue weighted by Gasteiger charge is 2.44. The third kappa shape index (κ3) is 3.37. The van der Waals surface area contributed by atoms with Crippen molar-refractivity contribution < 1.29 is 14.6 Å². The molecule has 1 amide bonds. The molecule has 4 nitrogen and oxygen atoms in total. The quantitative estimate of drug-likeness (QED) is 0.827. The second-order valence-corrected chi connectivity index (χ2v) is 6.71. The molecule has 0 aliphatic carbocycles. The molecule has 0 bridgehead atoms. The molecule has 0 spiro atoms. The number of rotatable bonds is 2. The lowest BCUT2D eigenvalue weighted by atomic mass is 9.84. The topological polar surface area (TPSA) is 49.8 Å². The molecule has 0 radical (unpaired) electrons. The van der Waals surface area contributed by atoms with Crippen molar-refractivity contribution in [2.24, 2.45) is 5.92 Å². The molecule has 4 heteroatoms. The minimum absolute atomic E-state index is 0.102. The molecule has 1 aliphatic rings. The Hall–Kier alpha value is -0.770. The summed E-state index contributed by atoms with van der Waals surface area (Å²) >= 11 is 0. The molecule has 2 atom stereocenters. The second kappa shape index (κ2) is 5.08. The van der Waals surface area contributed by atoms with E-state index in [1.165, 1.54) is 0 Å². The number of hydrogen-bond donors (Lipinski definition) is 1. The van der Waals surface area contributed by atoms with Crippen LogP contribution >= 0.6 is 0 Å². The van der Waals surface area contributed by atoms with Gasteiger partial charge in [0, 0.05) is 6.54 Å². The summed E-state index contributed by atoms with van der Waals surface area (Å²) in [7, 11) is 0. The minimum atomic E-state index is -0.868. The van der Waals surface area contributed by atoms with Gasteiger partial charge >= 0.3 is 6.09 Å². The Labute approximate surface area is 110 Å². The minimum Gasteiger partial charge on any atom is -0.444 e. The number of amides is 1. The highest BCUT2D eigenvalue weighted by molar-refractivity contribution is 5.69. The molecule has 1 aliphatic heterocycles. The van der Waals surface area contributed by atoms with Crippen molar-refractivity contribution in [1.29, 1.82) is 0 Å². The zero-order valence-electron chi connectivity index (χ0n) is 12.5. The van der Waals surface area contributed by atoms with E-state index in [-0.39, 0.29) is 18.1 Å². The maximum absolute atomic E-state index is 12.1. The van der Waals surface area contributed by atoms with E-state index in [1.807, 2.05) is 41.5 Å². The van der Waals surface area contributed by atoms with Crippen LogP contribution in [0.1, 0.15) is 54.4 Å². The molecule has 0 aromatic rings. The number of carbonyl (C=O) groups excluding carboxylic acids is 1. The molecule has 1 heterocycles. The van der Waals surface area contributed by atoms with E-state index in [0.717, 1.165) is 12.8 Å². The van der Waals surface area contributed by atoms with Crippen LogP contribution in [0, 0.1) is 5.92 Å². The first-order valence-corrected chi connectivity index (χ1v) is 6.77. The zero-order valence-corrected chi connectivity index (χ0v) is 12.5. The molecular weight excluding hydrogens is 230 g/mol. The number of hydrogen-bond acceptors (Lipinski definition) is 3. The Kier molecular flexibility index (Phi) is 4.31. The average Bonchev–Trinajstić information content (AvgIpc) is 2.62. The van der Waals surface area contributed by atoms with Crippen molar-refractivity contribution in [2.45, 2.75) is 71.6 Å². The van der Waals surface area contributed by atoms with E-state index < -0.39 is 11.2 Å². The van der Waals surface area contributed by atoms with Gasteiger partial charge in [-0.15, -0.1) is 0 Å². The van der Waals surface area contributed by atoms with Crippen molar-refractivity contribution in [3.8, 4) is 0 Å². The lowest BCUT2D eigenvalue weighted by Gasteiger charge is -2.39. The van der Waals surface area contributed by atoms with Gasteiger partial charge in [0.05, 0.1) is 11.6 Å². The number of aliphatic hydroxyl groups is 1. The molecule has 0 saturated carbocycles. The normalized spacial score (nSPS) is 24.2. The summed E-state index contributed by atoms with van der Waals surface area (Å²) in [6, 6.07) is -0.146. The molecule has 0 aromatic carbocycles. The lowest BCUT2D eigenvalue weighted by molar-refractivity contribution is -0.0595. The van der Waals surface area contributed by atoms with Gasteiger partial charge in [-0.1, -0.05) is 13.8 Å². The van der Waals surface area contributed by atoms with E-state index in [0.29, 0.717) is 6.54 Å². The van der Waals surface area contributed by atoms with E-state index >= 15 is 0 Å². The number of nitrogens with zero attached hydrogens (tertiary/aromatic N) is 1. The van der Waals surface area contributed by atoms with Gasteiger partial charge < -0.3 is 14.7 Å². The van der Waals surface area contributed by atoms with Gasteiger partial charge in [0.15, 0.2) is 0 Å². The van der Waals surface area contributed by atoms with Crippen LogP contribution in [-0.2, 0) is 4.74 Å². The summed E-state index contributed by atoms with van der Waals surface area (Å²) in [6.45, 7) is 12.0. The van der Waals surface area contributed by atoms with Crippen LogP contribution in [0.3, 0.4) is 0 Å². The lowest BCUT2D eigenvalue weighted by Crippen LogP contribution is -2.53. The van der Waals surface area contributed by atoms with Crippen molar-refractivity contribution in [3.63, 3.8) is 0 Å². The third-order valence-corrected chi connectivity index (χ3v) is 3.72. The third-order valence-electron chi connectivity index (χ3n) is 3.72. The predicted molar refractivity (Wildman–Crippen MR) is 71.4 cm³/mol. The van der Waals surface area contributed by atoms with Gasteiger partial charge in [0.25, 0.3) is 0 Å². The molecule has 1 saturated heterocycles. The fraction of sp³-hybridized carbons (Fsp3) is 0.929. The fourth-order valence-electron chi connectivity index (χ4n) is 2.30. The van der Waals surface area contributed by atoms with E-state index in [4.69, 9.17) is 4.74 Å². The van der Waals surface area contributed by atoms with Gasteiger partial charge in [-0.3, -0.25) is 0 Å². The Morgan fingerprint density at radius 2 is 1.89 bits per heavy atom. The van der Waals surface area contributed by atoms with Crippen molar-refractivity contribution in [1.82, 2.24) is 4.90 Å². The van der Waals surface area contributed by atoms with E-state index in [2.05, 4.69) is 0 Å². The largest absolute Gasteiger partial charge is 0.444 e. The van der Waals surface area contributed by atoms with Crippen LogP contribution in [0.4, 0.5) is 4.79 Å². The average molecular weight is 257 g/mol. The summed E-state index contributed by atoms with van der Waals surface area (Å²) in [5.41, 5.74) is -1.36. The Balaban J connectivity index is 2.80. The molecule has 1 fully saturated rings. The van der Waals surface area contributed by atoms with Crippen LogP contribution in [-0.4, -0.2) is 39.9 Å². The summed E-state index contributed by atoms with van der Waals surface area (Å²) in [5, 5.41) is 10.6. The van der Waals surface area contributed by atoms with Gasteiger partial charge in [0.2, 0.25) is 0 Å². The van der Waals surface area contributed by atoms with E-state index in [9.17, 15) is 9.90 Å². The number of ether oxygens (including phenoxy) is 1.